The van der Waals surface area contributed by atoms with E-state index in [-0.39, 0.29) is 45.7 Å². The lowest BCUT2D eigenvalue weighted by molar-refractivity contribution is -0.123. The van der Waals surface area contributed by atoms with Gasteiger partial charge in [0.15, 0.2) is 23.0 Å². The zero-order valence-electron chi connectivity index (χ0n) is 21.1. The molecule has 1 saturated heterocycles. The Labute approximate surface area is 248 Å². The predicted molar refractivity (Wildman–Crippen MR) is 153 cm³/mol. The molecule has 1 fully saturated rings. The Kier molecular flexibility index (Phi) is 8.05. The van der Waals surface area contributed by atoms with Gasteiger partial charge in [0.2, 0.25) is 6.79 Å². The van der Waals surface area contributed by atoms with E-state index in [1.54, 1.807) is 37.3 Å². The van der Waals surface area contributed by atoms with Crippen LogP contribution in [-0.2, 0) is 21.5 Å². The molecule has 0 bridgehead atoms. The van der Waals surface area contributed by atoms with Gasteiger partial charge in [-0.1, -0.05) is 29.3 Å². The highest BCUT2D eigenvalue weighted by molar-refractivity contribution is 9.10. The van der Waals surface area contributed by atoms with Crippen LogP contribution in [0, 0.1) is 6.92 Å². The van der Waals surface area contributed by atoms with Crippen LogP contribution in [0.5, 0.6) is 23.0 Å². The summed E-state index contributed by atoms with van der Waals surface area (Å²) in [6.45, 7) is 3.84. The molecular formula is C27H21BrClNO8S2. The average Bonchev–Trinajstić information content (AvgIpc) is 3.45. The Morgan fingerprint density at radius 2 is 1.80 bits per heavy atom. The van der Waals surface area contributed by atoms with E-state index < -0.39 is 21.3 Å². The van der Waals surface area contributed by atoms with Crippen molar-refractivity contribution in [2.75, 3.05) is 13.4 Å². The molecule has 2 aliphatic heterocycles. The number of hydrogen-bond acceptors (Lipinski definition) is 9. The first-order chi connectivity index (χ1) is 19.1. The Hall–Kier alpha value is -3.19. The third kappa shape index (κ3) is 5.80. The number of hydrogen-bond donors (Lipinski definition) is 0. The van der Waals surface area contributed by atoms with Crippen molar-refractivity contribution < 1.29 is 36.4 Å². The summed E-state index contributed by atoms with van der Waals surface area (Å²) in [6, 6.07) is 12.6. The summed E-state index contributed by atoms with van der Waals surface area (Å²) in [7, 11) is -4.15. The largest absolute Gasteiger partial charge is 0.490 e. The van der Waals surface area contributed by atoms with Crippen LogP contribution in [0.15, 0.2) is 62.8 Å². The van der Waals surface area contributed by atoms with Gasteiger partial charge in [0.25, 0.3) is 11.1 Å². The Bertz CT molecular complexity index is 1660. The lowest BCUT2D eigenvalue weighted by Crippen LogP contribution is -2.27. The van der Waals surface area contributed by atoms with Gasteiger partial charge in [-0.2, -0.15) is 8.42 Å². The fourth-order valence-corrected chi connectivity index (χ4v) is 6.57. The number of imide groups is 1. The van der Waals surface area contributed by atoms with E-state index in [1.165, 1.54) is 24.3 Å². The van der Waals surface area contributed by atoms with E-state index in [2.05, 4.69) is 15.9 Å². The van der Waals surface area contributed by atoms with Gasteiger partial charge < -0.3 is 18.4 Å². The van der Waals surface area contributed by atoms with Crippen LogP contribution >= 0.6 is 39.3 Å². The molecule has 0 atom stereocenters. The summed E-state index contributed by atoms with van der Waals surface area (Å²) >= 11 is 10.5. The zero-order valence-corrected chi connectivity index (χ0v) is 25.1. The van der Waals surface area contributed by atoms with Crippen molar-refractivity contribution in [3.8, 4) is 23.0 Å². The highest BCUT2D eigenvalue weighted by atomic mass is 79.9. The summed E-state index contributed by atoms with van der Waals surface area (Å²) in [6.07, 6.45) is 1.53. The fraction of sp³-hybridized carbons (Fsp3) is 0.185. The van der Waals surface area contributed by atoms with E-state index in [0.29, 0.717) is 27.6 Å². The van der Waals surface area contributed by atoms with Gasteiger partial charge in [-0.25, -0.2) is 0 Å². The second-order valence-electron chi connectivity index (χ2n) is 8.68. The van der Waals surface area contributed by atoms with Crippen molar-refractivity contribution in [3.05, 3.63) is 79.6 Å². The fourth-order valence-electron chi connectivity index (χ4n) is 3.92. The molecule has 208 valence electrons. The number of benzene rings is 3. The van der Waals surface area contributed by atoms with Gasteiger partial charge in [0, 0.05) is 11.1 Å². The molecule has 0 saturated carbocycles. The number of fused-ring (bicyclic) bond motifs is 1. The molecule has 0 N–H and O–H groups in total. The molecule has 40 heavy (non-hydrogen) atoms. The first-order valence-corrected chi connectivity index (χ1v) is 15.3. The number of halogens is 2. The van der Waals surface area contributed by atoms with Crippen LogP contribution in [0.4, 0.5) is 4.79 Å². The maximum absolute atomic E-state index is 13.2. The maximum atomic E-state index is 13.2. The van der Waals surface area contributed by atoms with Crippen LogP contribution < -0.4 is 18.4 Å². The van der Waals surface area contributed by atoms with E-state index in [4.69, 9.17) is 30.0 Å². The molecule has 0 spiro atoms. The molecular weight excluding hydrogens is 646 g/mol. The van der Waals surface area contributed by atoms with E-state index >= 15 is 0 Å². The normalized spacial score (nSPS) is 15.7. The number of carbonyl (C=O) groups excluding carboxylic acids is 2. The molecule has 2 amide bonds. The maximum Gasteiger partial charge on any atom is 0.339 e. The Morgan fingerprint density at radius 1 is 1.10 bits per heavy atom. The molecule has 2 heterocycles. The Morgan fingerprint density at radius 3 is 2.50 bits per heavy atom. The van der Waals surface area contributed by atoms with Gasteiger partial charge in [-0.05, 0) is 89.1 Å². The smallest absolute Gasteiger partial charge is 0.339 e. The van der Waals surface area contributed by atoms with Crippen LogP contribution in [0.1, 0.15) is 23.6 Å². The van der Waals surface area contributed by atoms with Crippen molar-refractivity contribution in [1.29, 1.82) is 0 Å². The number of thioether (sulfide) groups is 1. The lowest BCUT2D eigenvalue weighted by atomic mass is 10.1. The highest BCUT2D eigenvalue weighted by Crippen LogP contribution is 2.42. The molecule has 0 unspecified atom stereocenters. The van der Waals surface area contributed by atoms with Gasteiger partial charge in [0.1, 0.15) is 4.90 Å². The summed E-state index contributed by atoms with van der Waals surface area (Å²) in [5.74, 6) is 0.592. The highest BCUT2D eigenvalue weighted by Gasteiger charge is 2.36. The predicted octanol–water partition coefficient (Wildman–Crippen LogP) is 6.54. The standard InChI is InChI=1S/C27H21BrClNO8S2/c1-3-35-23-9-16(8-19(28)25(23)38-40(33,34)18-6-4-15(2)5-7-18)10-24-26(31)30(27(32)39-24)13-17-11-21-22(12-20(17)29)37-14-36-21/h4-12H,3,13-14H2,1-2H3/b24-10-. The van der Waals surface area contributed by atoms with E-state index in [9.17, 15) is 18.0 Å². The Balaban J connectivity index is 1.40. The third-order valence-corrected chi connectivity index (χ3v) is 8.96. The molecule has 0 aliphatic carbocycles. The number of amides is 2. The summed E-state index contributed by atoms with van der Waals surface area (Å²) in [5, 5.41) is -0.119. The van der Waals surface area contributed by atoms with Gasteiger partial charge in [0.05, 0.1) is 22.5 Å². The molecule has 0 radical (unpaired) electrons. The second kappa shape index (κ2) is 11.4. The summed E-state index contributed by atoms with van der Waals surface area (Å²) < 4.78 is 47.9. The summed E-state index contributed by atoms with van der Waals surface area (Å²) in [5.41, 5.74) is 1.93. The molecule has 3 aromatic carbocycles. The summed E-state index contributed by atoms with van der Waals surface area (Å²) in [4.78, 5) is 27.2. The van der Waals surface area contributed by atoms with E-state index in [0.717, 1.165) is 22.2 Å². The van der Waals surface area contributed by atoms with Crippen molar-refractivity contribution >= 4 is 66.6 Å². The number of nitrogens with zero attached hydrogens (tertiary/aromatic N) is 1. The van der Waals surface area contributed by atoms with Crippen LogP contribution in [0.2, 0.25) is 5.02 Å². The monoisotopic (exact) mass is 665 g/mol. The van der Waals surface area contributed by atoms with Gasteiger partial charge in [-0.3, -0.25) is 14.5 Å². The third-order valence-electron chi connectivity index (χ3n) is 5.88. The lowest BCUT2D eigenvalue weighted by Gasteiger charge is -2.15. The minimum Gasteiger partial charge on any atom is -0.490 e. The van der Waals surface area contributed by atoms with Crippen LogP contribution in [-0.4, -0.2) is 37.9 Å². The minimum absolute atomic E-state index is 0.00670. The number of aryl methyl sites for hydroxylation is 1. The van der Waals surface area contributed by atoms with Gasteiger partial charge in [-0.15, -0.1) is 0 Å². The SMILES string of the molecule is CCOc1cc(/C=C2\SC(=O)N(Cc3cc4c(cc3Cl)OCO4)C2=O)cc(Br)c1OS(=O)(=O)c1ccc(C)cc1. The zero-order chi connectivity index (χ0) is 28.6. The van der Waals surface area contributed by atoms with Crippen molar-refractivity contribution in [2.24, 2.45) is 0 Å². The molecule has 0 aromatic heterocycles. The second-order valence-corrected chi connectivity index (χ2v) is 12.5. The average molecular weight is 667 g/mol. The first kappa shape index (κ1) is 28.3. The topological polar surface area (TPSA) is 108 Å². The van der Waals surface area contributed by atoms with E-state index in [1.807, 2.05) is 6.92 Å². The van der Waals surface area contributed by atoms with Crippen LogP contribution in [0.3, 0.4) is 0 Å². The molecule has 9 nitrogen and oxygen atoms in total. The first-order valence-electron chi connectivity index (χ1n) is 11.9. The number of ether oxygens (including phenoxy) is 3. The van der Waals surface area contributed by atoms with Crippen LogP contribution in [0.25, 0.3) is 6.08 Å². The molecule has 5 rings (SSSR count). The molecule has 13 heteroatoms. The molecule has 2 aliphatic rings. The van der Waals surface area contributed by atoms with Crippen molar-refractivity contribution in [2.45, 2.75) is 25.3 Å². The number of carbonyl (C=O) groups is 2. The quantitative estimate of drug-likeness (QED) is 0.196. The van der Waals surface area contributed by atoms with Gasteiger partial charge >= 0.3 is 10.1 Å². The number of rotatable bonds is 8. The molecule has 3 aromatic rings. The van der Waals surface area contributed by atoms with Crippen molar-refractivity contribution in [1.82, 2.24) is 4.90 Å². The minimum atomic E-state index is -4.15. The van der Waals surface area contributed by atoms with Crippen molar-refractivity contribution in [3.63, 3.8) is 0 Å².